The van der Waals surface area contributed by atoms with Crippen LogP contribution in [0.5, 0.6) is 0 Å². The van der Waals surface area contributed by atoms with Crippen molar-refractivity contribution in [2.75, 3.05) is 6.54 Å². The van der Waals surface area contributed by atoms with Crippen LogP contribution in [0, 0.1) is 12.8 Å². The van der Waals surface area contributed by atoms with Crippen LogP contribution in [0.2, 0.25) is 0 Å². The average Bonchev–Trinajstić information content (AvgIpc) is 3.49. The molecule has 1 saturated heterocycles. The largest absolute Gasteiger partial charge is 0.346 e. The van der Waals surface area contributed by atoms with Gasteiger partial charge in [-0.25, -0.2) is 13.4 Å². The standard InChI is InChI=1S/C23H25N5O2S/c1-16-4-3-5-20(10-16)31(29,30)28-15-18(11-17(28)2)14-27-9-8-22-23(27)7-6-21(26-22)19-12-24-25-13-19/h3-10,12-13,17-18H,11,14-15H2,1-2H3,(H,24,25)/t17-,18?/m0/s1. The van der Waals surface area contributed by atoms with Crippen LogP contribution in [0.15, 0.2) is 66.0 Å². The molecule has 1 aliphatic rings. The fourth-order valence-electron chi connectivity index (χ4n) is 4.55. The molecule has 2 atom stereocenters. The van der Waals surface area contributed by atoms with Crippen molar-refractivity contribution in [2.45, 2.75) is 37.8 Å². The summed E-state index contributed by atoms with van der Waals surface area (Å²) in [5.41, 5.74) is 4.76. The van der Waals surface area contributed by atoms with Crippen molar-refractivity contribution in [3.8, 4) is 11.3 Å². The van der Waals surface area contributed by atoms with Crippen molar-refractivity contribution in [3.63, 3.8) is 0 Å². The molecule has 1 aliphatic heterocycles. The van der Waals surface area contributed by atoms with Crippen LogP contribution in [-0.2, 0) is 16.6 Å². The molecule has 0 radical (unpaired) electrons. The minimum absolute atomic E-state index is 0.0249. The molecule has 0 bridgehead atoms. The second kappa shape index (κ2) is 7.62. The number of H-pyrrole nitrogens is 1. The van der Waals surface area contributed by atoms with E-state index in [-0.39, 0.29) is 12.0 Å². The molecule has 1 fully saturated rings. The van der Waals surface area contributed by atoms with Crippen molar-refractivity contribution >= 4 is 21.1 Å². The number of nitrogens with one attached hydrogen (secondary N) is 1. The Morgan fingerprint density at radius 1 is 1.19 bits per heavy atom. The lowest BCUT2D eigenvalue weighted by atomic mass is 10.1. The van der Waals surface area contributed by atoms with Gasteiger partial charge in [0.05, 0.1) is 27.8 Å². The number of nitrogens with zero attached hydrogens (tertiary/aromatic N) is 4. The van der Waals surface area contributed by atoms with Gasteiger partial charge in [0.1, 0.15) is 0 Å². The van der Waals surface area contributed by atoms with E-state index in [1.54, 1.807) is 28.7 Å². The summed E-state index contributed by atoms with van der Waals surface area (Å²) >= 11 is 0. The van der Waals surface area contributed by atoms with Gasteiger partial charge in [-0.3, -0.25) is 5.10 Å². The summed E-state index contributed by atoms with van der Waals surface area (Å²) in [4.78, 5) is 5.12. The van der Waals surface area contributed by atoms with E-state index in [0.29, 0.717) is 11.4 Å². The van der Waals surface area contributed by atoms with Crippen LogP contribution in [0.3, 0.4) is 0 Å². The molecule has 4 heterocycles. The highest BCUT2D eigenvalue weighted by Crippen LogP contribution is 2.31. The smallest absolute Gasteiger partial charge is 0.243 e. The fraction of sp³-hybridized carbons (Fsp3) is 0.304. The van der Waals surface area contributed by atoms with E-state index in [1.807, 2.05) is 44.4 Å². The van der Waals surface area contributed by atoms with Gasteiger partial charge >= 0.3 is 0 Å². The molecule has 8 heteroatoms. The van der Waals surface area contributed by atoms with Crippen LogP contribution >= 0.6 is 0 Å². The summed E-state index contributed by atoms with van der Waals surface area (Å²) in [6.45, 7) is 5.20. The number of aromatic amines is 1. The Kier molecular flexibility index (Phi) is 4.91. The van der Waals surface area contributed by atoms with Crippen molar-refractivity contribution in [3.05, 3.63) is 66.6 Å². The second-order valence-corrected chi connectivity index (χ2v) is 10.3. The van der Waals surface area contributed by atoms with Gasteiger partial charge in [0, 0.05) is 37.1 Å². The Morgan fingerprint density at radius 2 is 2.06 bits per heavy atom. The van der Waals surface area contributed by atoms with E-state index in [0.717, 1.165) is 40.8 Å². The van der Waals surface area contributed by atoms with Crippen molar-refractivity contribution in [1.29, 1.82) is 0 Å². The summed E-state index contributed by atoms with van der Waals surface area (Å²) in [5.74, 6) is 0.249. The Bertz CT molecular complexity index is 1330. The number of hydrogen-bond acceptors (Lipinski definition) is 4. The third-order valence-electron chi connectivity index (χ3n) is 6.07. The lowest BCUT2D eigenvalue weighted by molar-refractivity contribution is 0.399. The summed E-state index contributed by atoms with van der Waals surface area (Å²) in [5, 5.41) is 6.80. The van der Waals surface area contributed by atoms with Crippen LogP contribution in [0.25, 0.3) is 22.3 Å². The molecule has 3 aromatic heterocycles. The molecule has 0 spiro atoms. The highest BCUT2D eigenvalue weighted by molar-refractivity contribution is 7.89. The van der Waals surface area contributed by atoms with Crippen molar-refractivity contribution in [2.24, 2.45) is 5.92 Å². The van der Waals surface area contributed by atoms with Crippen LogP contribution in [0.1, 0.15) is 18.9 Å². The zero-order valence-corrected chi connectivity index (χ0v) is 18.4. The number of rotatable bonds is 5. The van der Waals surface area contributed by atoms with E-state index >= 15 is 0 Å². The first kappa shape index (κ1) is 20.0. The first-order valence-corrected chi connectivity index (χ1v) is 11.9. The topological polar surface area (TPSA) is 83.9 Å². The average molecular weight is 436 g/mol. The minimum Gasteiger partial charge on any atom is -0.346 e. The maximum atomic E-state index is 13.2. The number of sulfonamides is 1. The van der Waals surface area contributed by atoms with E-state index in [4.69, 9.17) is 4.98 Å². The SMILES string of the molecule is Cc1cccc(S(=O)(=O)N2CC(Cn3ccc4nc(-c5cn[nH]c5)ccc43)C[C@@H]2C)c1. The molecule has 1 N–H and O–H groups in total. The molecule has 160 valence electrons. The maximum absolute atomic E-state index is 13.2. The summed E-state index contributed by atoms with van der Waals surface area (Å²) in [6.07, 6.45) is 6.47. The number of benzene rings is 1. The third-order valence-corrected chi connectivity index (χ3v) is 8.05. The molecule has 0 amide bonds. The summed E-state index contributed by atoms with van der Waals surface area (Å²) in [6, 6.07) is 13.2. The van der Waals surface area contributed by atoms with Gasteiger partial charge in [-0.1, -0.05) is 12.1 Å². The van der Waals surface area contributed by atoms with Crippen LogP contribution in [-0.4, -0.2) is 45.1 Å². The van der Waals surface area contributed by atoms with Gasteiger partial charge in [0.25, 0.3) is 0 Å². The van der Waals surface area contributed by atoms with E-state index in [2.05, 4.69) is 20.8 Å². The van der Waals surface area contributed by atoms with Gasteiger partial charge in [0.15, 0.2) is 0 Å². The normalized spacial score (nSPS) is 19.9. The zero-order valence-electron chi connectivity index (χ0n) is 17.6. The molecule has 0 aliphatic carbocycles. The predicted molar refractivity (Wildman–Crippen MR) is 120 cm³/mol. The highest BCUT2D eigenvalue weighted by atomic mass is 32.2. The lowest BCUT2D eigenvalue weighted by Gasteiger charge is -2.21. The lowest BCUT2D eigenvalue weighted by Crippen LogP contribution is -2.34. The molecule has 1 aromatic carbocycles. The fourth-order valence-corrected chi connectivity index (χ4v) is 6.37. The molecule has 31 heavy (non-hydrogen) atoms. The zero-order chi connectivity index (χ0) is 21.6. The Labute approximate surface area is 181 Å². The quantitative estimate of drug-likeness (QED) is 0.516. The minimum atomic E-state index is -3.49. The maximum Gasteiger partial charge on any atom is 0.243 e. The molecular formula is C23H25N5O2S. The number of fused-ring (bicyclic) bond motifs is 1. The summed E-state index contributed by atoms with van der Waals surface area (Å²) < 4.78 is 30.3. The number of aryl methyl sites for hydroxylation is 1. The monoisotopic (exact) mass is 435 g/mol. The summed E-state index contributed by atoms with van der Waals surface area (Å²) in [7, 11) is -3.49. The molecule has 7 nitrogen and oxygen atoms in total. The Morgan fingerprint density at radius 3 is 2.84 bits per heavy atom. The van der Waals surface area contributed by atoms with Gasteiger partial charge in [-0.15, -0.1) is 0 Å². The van der Waals surface area contributed by atoms with Gasteiger partial charge in [-0.2, -0.15) is 9.40 Å². The van der Waals surface area contributed by atoms with Gasteiger partial charge in [-0.05, 0) is 62.1 Å². The van der Waals surface area contributed by atoms with Gasteiger partial charge < -0.3 is 4.57 Å². The highest BCUT2D eigenvalue weighted by Gasteiger charge is 2.38. The Hall–Kier alpha value is -2.97. The Balaban J connectivity index is 1.36. The molecule has 4 aromatic rings. The number of pyridine rings is 1. The molecule has 5 rings (SSSR count). The predicted octanol–water partition coefficient (Wildman–Crippen LogP) is 3.83. The number of aromatic nitrogens is 4. The second-order valence-electron chi connectivity index (χ2n) is 8.40. The van der Waals surface area contributed by atoms with E-state index < -0.39 is 10.0 Å². The number of hydrogen-bond donors (Lipinski definition) is 1. The van der Waals surface area contributed by atoms with Crippen molar-refractivity contribution in [1.82, 2.24) is 24.1 Å². The molecule has 1 unspecified atom stereocenters. The first-order valence-electron chi connectivity index (χ1n) is 10.5. The van der Waals surface area contributed by atoms with Crippen LogP contribution < -0.4 is 0 Å². The van der Waals surface area contributed by atoms with E-state index in [9.17, 15) is 8.42 Å². The molecular weight excluding hydrogens is 410 g/mol. The van der Waals surface area contributed by atoms with Crippen LogP contribution in [0.4, 0.5) is 0 Å². The third kappa shape index (κ3) is 3.66. The van der Waals surface area contributed by atoms with E-state index in [1.165, 1.54) is 0 Å². The van der Waals surface area contributed by atoms with Crippen molar-refractivity contribution < 1.29 is 8.42 Å². The first-order chi connectivity index (χ1) is 14.9. The molecule has 0 saturated carbocycles. The van der Waals surface area contributed by atoms with Gasteiger partial charge in [0.2, 0.25) is 10.0 Å².